The molecule has 1 aromatic carbocycles. The van der Waals surface area contributed by atoms with Crippen molar-refractivity contribution in [1.29, 1.82) is 0 Å². The Kier molecular flexibility index (Phi) is 9.22. The van der Waals surface area contributed by atoms with Gasteiger partial charge in [0, 0.05) is 20.1 Å². The standard InChI is InChI=1S/C14H20F3N3O.HI/c1-10-4-5-11(8-12(10)21-3)9-20-13(18-2)19-7-6-14(15,16)17;/h4-5,8H,6-7,9H2,1-3H3,(H2,18,19,20);1H. The van der Waals surface area contributed by atoms with Gasteiger partial charge in [0.25, 0.3) is 0 Å². The summed E-state index contributed by atoms with van der Waals surface area (Å²) in [6.07, 6.45) is -5.07. The van der Waals surface area contributed by atoms with E-state index in [1.807, 2.05) is 25.1 Å². The zero-order valence-corrected chi connectivity index (χ0v) is 15.1. The van der Waals surface area contributed by atoms with Gasteiger partial charge in [0.1, 0.15) is 5.75 Å². The number of methoxy groups -OCH3 is 1. The highest BCUT2D eigenvalue weighted by atomic mass is 127. The smallest absolute Gasteiger partial charge is 0.390 e. The fraction of sp³-hybridized carbons (Fsp3) is 0.500. The minimum absolute atomic E-state index is 0. The van der Waals surface area contributed by atoms with Gasteiger partial charge in [0.2, 0.25) is 0 Å². The molecule has 0 saturated carbocycles. The van der Waals surface area contributed by atoms with Crippen molar-refractivity contribution < 1.29 is 17.9 Å². The summed E-state index contributed by atoms with van der Waals surface area (Å²) in [7, 11) is 3.11. The number of nitrogens with one attached hydrogen (secondary N) is 2. The summed E-state index contributed by atoms with van der Waals surface area (Å²) in [5.41, 5.74) is 1.98. The minimum atomic E-state index is -4.17. The molecule has 0 aliphatic heterocycles. The van der Waals surface area contributed by atoms with Crippen molar-refractivity contribution in [2.24, 2.45) is 4.99 Å². The number of hydrogen-bond donors (Lipinski definition) is 2. The Morgan fingerprint density at radius 2 is 1.95 bits per heavy atom. The van der Waals surface area contributed by atoms with E-state index in [9.17, 15) is 13.2 Å². The molecule has 1 rings (SSSR count). The zero-order chi connectivity index (χ0) is 15.9. The fourth-order valence-electron chi connectivity index (χ4n) is 1.70. The van der Waals surface area contributed by atoms with Crippen LogP contribution >= 0.6 is 24.0 Å². The number of halogens is 4. The number of nitrogens with zero attached hydrogens (tertiary/aromatic N) is 1. The molecular weight excluding hydrogens is 410 g/mol. The first-order valence-electron chi connectivity index (χ1n) is 6.50. The third-order valence-electron chi connectivity index (χ3n) is 2.86. The van der Waals surface area contributed by atoms with Gasteiger partial charge in [-0.25, -0.2) is 0 Å². The molecule has 22 heavy (non-hydrogen) atoms. The molecule has 0 aliphatic rings. The molecular formula is C14H21F3IN3O. The van der Waals surface area contributed by atoms with Crippen LogP contribution in [-0.4, -0.2) is 32.8 Å². The third-order valence-corrected chi connectivity index (χ3v) is 2.86. The quantitative estimate of drug-likeness (QED) is 0.428. The summed E-state index contributed by atoms with van der Waals surface area (Å²) in [5, 5.41) is 5.58. The molecule has 0 saturated heterocycles. The number of alkyl halides is 3. The largest absolute Gasteiger partial charge is 0.496 e. The molecule has 0 unspecified atom stereocenters. The van der Waals surface area contributed by atoms with Crippen LogP contribution in [0.15, 0.2) is 23.2 Å². The van der Waals surface area contributed by atoms with Crippen LogP contribution in [-0.2, 0) is 6.54 Å². The third kappa shape index (κ3) is 7.71. The van der Waals surface area contributed by atoms with Crippen molar-refractivity contribution in [1.82, 2.24) is 10.6 Å². The second kappa shape index (κ2) is 9.75. The molecule has 0 bridgehead atoms. The predicted octanol–water partition coefficient (Wildman–Crippen LogP) is 3.24. The fourth-order valence-corrected chi connectivity index (χ4v) is 1.70. The molecule has 8 heteroatoms. The monoisotopic (exact) mass is 431 g/mol. The number of ether oxygens (including phenoxy) is 1. The van der Waals surface area contributed by atoms with E-state index in [0.29, 0.717) is 12.5 Å². The normalized spacial score (nSPS) is 11.6. The highest BCUT2D eigenvalue weighted by molar-refractivity contribution is 14.0. The minimum Gasteiger partial charge on any atom is -0.496 e. The predicted molar refractivity (Wildman–Crippen MR) is 92.0 cm³/mol. The average molecular weight is 431 g/mol. The van der Waals surface area contributed by atoms with Crippen molar-refractivity contribution in [2.75, 3.05) is 20.7 Å². The van der Waals surface area contributed by atoms with Gasteiger partial charge >= 0.3 is 6.18 Å². The summed E-state index contributed by atoms with van der Waals surface area (Å²) in [5.74, 6) is 1.10. The maximum Gasteiger partial charge on any atom is 0.390 e. The van der Waals surface area contributed by atoms with Crippen LogP contribution in [0.4, 0.5) is 13.2 Å². The summed E-state index contributed by atoms with van der Waals surface area (Å²) >= 11 is 0. The highest BCUT2D eigenvalue weighted by Crippen LogP contribution is 2.19. The van der Waals surface area contributed by atoms with Crippen molar-refractivity contribution >= 4 is 29.9 Å². The molecule has 2 N–H and O–H groups in total. The molecule has 0 aliphatic carbocycles. The van der Waals surface area contributed by atoms with E-state index in [2.05, 4.69) is 15.6 Å². The van der Waals surface area contributed by atoms with E-state index in [1.165, 1.54) is 7.05 Å². The average Bonchev–Trinajstić information content (AvgIpc) is 2.42. The molecule has 0 radical (unpaired) electrons. The highest BCUT2D eigenvalue weighted by Gasteiger charge is 2.26. The molecule has 126 valence electrons. The second-order valence-corrected chi connectivity index (χ2v) is 4.52. The molecule has 0 amide bonds. The van der Waals surface area contributed by atoms with Gasteiger partial charge in [-0.1, -0.05) is 12.1 Å². The molecule has 0 spiro atoms. The Morgan fingerprint density at radius 3 is 2.50 bits per heavy atom. The van der Waals surface area contributed by atoms with Crippen molar-refractivity contribution in [3.05, 3.63) is 29.3 Å². The van der Waals surface area contributed by atoms with Gasteiger partial charge < -0.3 is 15.4 Å². The van der Waals surface area contributed by atoms with Crippen LogP contribution in [0, 0.1) is 6.92 Å². The molecule has 0 fully saturated rings. The topological polar surface area (TPSA) is 45.7 Å². The van der Waals surface area contributed by atoms with Crippen LogP contribution in [0.3, 0.4) is 0 Å². The number of aliphatic imine (C=N–C) groups is 1. The van der Waals surface area contributed by atoms with Crippen molar-refractivity contribution in [3.8, 4) is 5.75 Å². The number of hydrogen-bond acceptors (Lipinski definition) is 2. The second-order valence-electron chi connectivity index (χ2n) is 4.52. The van der Waals surface area contributed by atoms with Gasteiger partial charge in [-0.15, -0.1) is 24.0 Å². The summed E-state index contributed by atoms with van der Waals surface area (Å²) in [6.45, 7) is 2.18. The Labute approximate surface area is 145 Å². The van der Waals surface area contributed by atoms with Gasteiger partial charge in [0.15, 0.2) is 5.96 Å². The Balaban J connectivity index is 0.00000441. The van der Waals surface area contributed by atoms with Gasteiger partial charge in [0.05, 0.1) is 13.5 Å². The van der Waals surface area contributed by atoms with E-state index >= 15 is 0 Å². The van der Waals surface area contributed by atoms with Crippen molar-refractivity contribution in [3.63, 3.8) is 0 Å². The Hall–Kier alpha value is -1.19. The van der Waals surface area contributed by atoms with E-state index in [-0.39, 0.29) is 30.5 Å². The van der Waals surface area contributed by atoms with Gasteiger partial charge in [-0.05, 0) is 24.1 Å². The number of aryl methyl sites for hydroxylation is 1. The summed E-state index contributed by atoms with van der Waals surface area (Å²) in [4.78, 5) is 3.88. The molecule has 1 aromatic rings. The lowest BCUT2D eigenvalue weighted by atomic mass is 10.1. The van der Waals surface area contributed by atoms with Crippen LogP contribution in [0.25, 0.3) is 0 Å². The maximum absolute atomic E-state index is 12.1. The Morgan fingerprint density at radius 1 is 1.27 bits per heavy atom. The first kappa shape index (κ1) is 20.8. The van der Waals surface area contributed by atoms with E-state index in [1.54, 1.807) is 7.11 Å². The molecule has 4 nitrogen and oxygen atoms in total. The lowest BCUT2D eigenvalue weighted by Gasteiger charge is -2.13. The zero-order valence-electron chi connectivity index (χ0n) is 12.8. The number of rotatable bonds is 5. The van der Waals surface area contributed by atoms with Gasteiger partial charge in [-0.3, -0.25) is 4.99 Å². The van der Waals surface area contributed by atoms with Crippen LogP contribution in [0.5, 0.6) is 5.75 Å². The summed E-state index contributed by atoms with van der Waals surface area (Å²) < 4.78 is 41.4. The molecule has 0 atom stereocenters. The maximum atomic E-state index is 12.1. The number of guanidine groups is 1. The van der Waals surface area contributed by atoms with E-state index in [0.717, 1.165) is 16.9 Å². The first-order chi connectivity index (χ1) is 9.85. The Bertz CT molecular complexity index is 493. The van der Waals surface area contributed by atoms with Gasteiger partial charge in [-0.2, -0.15) is 13.2 Å². The first-order valence-corrected chi connectivity index (χ1v) is 6.50. The summed E-state index contributed by atoms with van der Waals surface area (Å²) in [6, 6.07) is 5.73. The molecule has 0 aromatic heterocycles. The SMILES string of the molecule is CN=C(NCCC(F)(F)F)NCc1ccc(C)c(OC)c1.I. The van der Waals surface area contributed by atoms with E-state index in [4.69, 9.17) is 4.74 Å². The van der Waals surface area contributed by atoms with Crippen LogP contribution in [0.2, 0.25) is 0 Å². The lowest BCUT2D eigenvalue weighted by Crippen LogP contribution is -2.38. The van der Waals surface area contributed by atoms with E-state index < -0.39 is 12.6 Å². The van der Waals surface area contributed by atoms with Crippen LogP contribution in [0.1, 0.15) is 17.5 Å². The lowest BCUT2D eigenvalue weighted by molar-refractivity contribution is -0.132. The number of benzene rings is 1. The van der Waals surface area contributed by atoms with Crippen molar-refractivity contribution in [2.45, 2.75) is 26.1 Å². The molecule has 0 heterocycles. The van der Waals surface area contributed by atoms with Crippen LogP contribution < -0.4 is 15.4 Å².